The van der Waals surface area contributed by atoms with E-state index in [0.29, 0.717) is 19.2 Å². The molecule has 2 aliphatic rings. The van der Waals surface area contributed by atoms with E-state index in [0.717, 1.165) is 37.3 Å². The lowest BCUT2D eigenvalue weighted by molar-refractivity contribution is 0.0562. The zero-order chi connectivity index (χ0) is 17.1. The Hall–Kier alpha value is -1.80. The second-order valence-corrected chi connectivity index (χ2v) is 6.71. The molecule has 0 unspecified atom stereocenters. The Morgan fingerprint density at radius 2 is 2.00 bits per heavy atom. The van der Waals surface area contributed by atoms with Gasteiger partial charge >= 0.3 is 0 Å². The summed E-state index contributed by atoms with van der Waals surface area (Å²) < 4.78 is 13.0. The van der Waals surface area contributed by atoms with Crippen LogP contribution in [0.25, 0.3) is 11.3 Å². The van der Waals surface area contributed by atoms with Crippen molar-refractivity contribution in [3.8, 4) is 11.3 Å². The highest BCUT2D eigenvalue weighted by atomic mass is 16.5. The van der Waals surface area contributed by atoms with E-state index in [9.17, 15) is 5.11 Å². The Bertz CT molecular complexity index is 672. The number of aliphatic hydroxyl groups is 1. The lowest BCUT2D eigenvalue weighted by Gasteiger charge is -2.30. The van der Waals surface area contributed by atoms with Crippen LogP contribution in [0.1, 0.15) is 12.8 Å². The largest absolute Gasteiger partial charge is 0.389 e. The van der Waals surface area contributed by atoms with Crippen molar-refractivity contribution < 1.29 is 14.6 Å². The van der Waals surface area contributed by atoms with Crippen LogP contribution in [-0.4, -0.2) is 64.2 Å². The van der Waals surface area contributed by atoms with Crippen molar-refractivity contribution in [1.29, 1.82) is 0 Å². The van der Waals surface area contributed by atoms with E-state index in [-0.39, 0.29) is 12.1 Å². The van der Waals surface area contributed by atoms with Crippen LogP contribution < -0.4 is 5.32 Å². The van der Waals surface area contributed by atoms with Crippen molar-refractivity contribution in [2.24, 2.45) is 0 Å². The molecule has 2 saturated heterocycles. The maximum Gasteiger partial charge on any atom is 0.113 e. The van der Waals surface area contributed by atoms with Gasteiger partial charge in [-0.3, -0.25) is 0 Å². The first-order valence-corrected chi connectivity index (χ1v) is 8.88. The van der Waals surface area contributed by atoms with Gasteiger partial charge in [0, 0.05) is 24.8 Å². The Balaban J connectivity index is 1.41. The molecule has 1 aromatic carbocycles. The normalized spacial score (nSPS) is 27.6. The number of ether oxygens (including phenoxy) is 2. The van der Waals surface area contributed by atoms with Gasteiger partial charge < -0.3 is 19.9 Å². The van der Waals surface area contributed by atoms with E-state index in [1.807, 2.05) is 36.5 Å². The number of aromatic nitrogens is 3. The average molecular weight is 344 g/mol. The summed E-state index contributed by atoms with van der Waals surface area (Å²) in [6.07, 6.45) is 3.25. The van der Waals surface area contributed by atoms with E-state index < -0.39 is 6.10 Å². The summed E-state index contributed by atoms with van der Waals surface area (Å²) in [5.41, 5.74) is 1.88. The molecule has 0 spiro atoms. The molecule has 7 nitrogen and oxygen atoms in total. The van der Waals surface area contributed by atoms with Gasteiger partial charge in [-0.2, -0.15) is 0 Å². The van der Waals surface area contributed by atoms with Crippen LogP contribution in [-0.2, 0) is 16.0 Å². The molecular weight excluding hydrogens is 320 g/mol. The minimum Gasteiger partial charge on any atom is -0.389 e. The first-order valence-electron chi connectivity index (χ1n) is 8.88. The lowest BCUT2D eigenvalue weighted by atomic mass is 10.0. The number of benzene rings is 1. The van der Waals surface area contributed by atoms with E-state index in [1.165, 1.54) is 0 Å². The molecule has 2 aliphatic heterocycles. The second kappa shape index (κ2) is 7.61. The molecule has 2 N–H and O–H groups in total. The number of rotatable bonds is 5. The topological polar surface area (TPSA) is 81.4 Å². The second-order valence-electron chi connectivity index (χ2n) is 6.71. The fraction of sp³-hybridized carbons (Fsp3) is 0.556. The van der Waals surface area contributed by atoms with Gasteiger partial charge in [-0.1, -0.05) is 35.5 Å². The molecule has 0 bridgehead atoms. The third-order valence-corrected chi connectivity index (χ3v) is 4.92. The van der Waals surface area contributed by atoms with Gasteiger partial charge in [0.25, 0.3) is 0 Å². The summed E-state index contributed by atoms with van der Waals surface area (Å²) in [4.78, 5) is 0. The smallest absolute Gasteiger partial charge is 0.113 e. The van der Waals surface area contributed by atoms with Gasteiger partial charge in [-0.25, -0.2) is 4.68 Å². The molecule has 3 heterocycles. The summed E-state index contributed by atoms with van der Waals surface area (Å²) >= 11 is 0. The first kappa shape index (κ1) is 16.7. The predicted octanol–water partition coefficient (Wildman–Crippen LogP) is 0.842. The number of nitrogens with one attached hydrogen (secondary N) is 1. The van der Waals surface area contributed by atoms with E-state index in [4.69, 9.17) is 9.47 Å². The highest BCUT2D eigenvalue weighted by Gasteiger charge is 2.38. The fourth-order valence-corrected chi connectivity index (χ4v) is 3.51. The fourth-order valence-electron chi connectivity index (χ4n) is 3.51. The third kappa shape index (κ3) is 3.90. The van der Waals surface area contributed by atoms with Gasteiger partial charge in [-0.15, -0.1) is 5.10 Å². The van der Waals surface area contributed by atoms with Crippen molar-refractivity contribution in [2.45, 2.75) is 43.7 Å². The SMILES string of the molecule is O[C@H]1CO[C@H](Cn2cc(-c3ccccc3)nn2)[C@@H]1NC1CCOCC1. The molecule has 0 aliphatic carbocycles. The molecule has 1 aromatic heterocycles. The molecule has 2 aromatic rings. The molecular formula is C18H24N4O3. The standard InChI is InChI=1S/C18H24N4O3/c23-16-12-25-17(18(16)19-14-6-8-24-9-7-14)11-22-10-15(20-21-22)13-4-2-1-3-5-13/h1-5,10,14,16-19,23H,6-9,11-12H2/t16-,17+,18+/m0/s1. The number of hydrogen-bond acceptors (Lipinski definition) is 6. The molecule has 0 radical (unpaired) electrons. The van der Waals surface area contributed by atoms with Gasteiger partial charge in [0.05, 0.1) is 37.6 Å². The zero-order valence-electron chi connectivity index (χ0n) is 14.1. The van der Waals surface area contributed by atoms with Crippen molar-refractivity contribution in [3.63, 3.8) is 0 Å². The summed E-state index contributed by atoms with van der Waals surface area (Å²) in [6, 6.07) is 10.3. The lowest BCUT2D eigenvalue weighted by Crippen LogP contribution is -2.51. The number of hydrogen-bond donors (Lipinski definition) is 2. The van der Waals surface area contributed by atoms with Crippen LogP contribution in [0.15, 0.2) is 36.5 Å². The van der Waals surface area contributed by atoms with Crippen LogP contribution in [0, 0.1) is 0 Å². The molecule has 7 heteroatoms. The third-order valence-electron chi connectivity index (χ3n) is 4.92. The van der Waals surface area contributed by atoms with Crippen molar-refractivity contribution >= 4 is 0 Å². The van der Waals surface area contributed by atoms with Gasteiger partial charge in [0.2, 0.25) is 0 Å². The van der Waals surface area contributed by atoms with E-state index in [1.54, 1.807) is 4.68 Å². The quantitative estimate of drug-likeness (QED) is 0.837. The molecule has 3 atom stereocenters. The number of nitrogens with zero attached hydrogens (tertiary/aromatic N) is 3. The first-order chi connectivity index (χ1) is 12.3. The molecule has 2 fully saturated rings. The van der Waals surface area contributed by atoms with Crippen LogP contribution >= 0.6 is 0 Å². The molecule has 0 saturated carbocycles. The predicted molar refractivity (Wildman–Crippen MR) is 92.0 cm³/mol. The summed E-state index contributed by atoms with van der Waals surface area (Å²) in [5.74, 6) is 0. The van der Waals surface area contributed by atoms with Crippen LogP contribution in [0.4, 0.5) is 0 Å². The molecule has 25 heavy (non-hydrogen) atoms. The summed E-state index contributed by atoms with van der Waals surface area (Å²) in [7, 11) is 0. The van der Waals surface area contributed by atoms with Crippen molar-refractivity contribution in [3.05, 3.63) is 36.5 Å². The number of aliphatic hydroxyl groups excluding tert-OH is 1. The minimum absolute atomic E-state index is 0.0903. The van der Waals surface area contributed by atoms with E-state index >= 15 is 0 Å². The average Bonchev–Trinajstić information content (AvgIpc) is 3.26. The van der Waals surface area contributed by atoms with Gasteiger partial charge in [0.1, 0.15) is 5.69 Å². The Morgan fingerprint density at radius 3 is 2.80 bits per heavy atom. The molecule has 134 valence electrons. The van der Waals surface area contributed by atoms with E-state index in [2.05, 4.69) is 15.6 Å². The molecule has 4 rings (SSSR count). The molecule has 0 amide bonds. The van der Waals surface area contributed by atoms with Gasteiger partial charge in [0.15, 0.2) is 0 Å². The monoisotopic (exact) mass is 344 g/mol. The van der Waals surface area contributed by atoms with Gasteiger partial charge in [-0.05, 0) is 12.8 Å². The Labute approximate surface area is 146 Å². The van der Waals surface area contributed by atoms with Crippen LogP contribution in [0.2, 0.25) is 0 Å². The maximum atomic E-state index is 10.3. The zero-order valence-corrected chi connectivity index (χ0v) is 14.1. The Morgan fingerprint density at radius 1 is 1.20 bits per heavy atom. The highest BCUT2D eigenvalue weighted by Crippen LogP contribution is 2.20. The van der Waals surface area contributed by atoms with Crippen molar-refractivity contribution in [2.75, 3.05) is 19.8 Å². The highest BCUT2D eigenvalue weighted by molar-refractivity contribution is 5.57. The van der Waals surface area contributed by atoms with Crippen LogP contribution in [0.5, 0.6) is 0 Å². The minimum atomic E-state index is -0.495. The summed E-state index contributed by atoms with van der Waals surface area (Å²) in [5, 5.41) is 22.3. The van der Waals surface area contributed by atoms with Crippen molar-refractivity contribution in [1.82, 2.24) is 20.3 Å². The van der Waals surface area contributed by atoms with Crippen LogP contribution in [0.3, 0.4) is 0 Å². The Kier molecular flexibility index (Phi) is 5.07. The maximum absolute atomic E-state index is 10.3. The summed E-state index contributed by atoms with van der Waals surface area (Å²) in [6.45, 7) is 2.47.